The van der Waals surface area contributed by atoms with Gasteiger partial charge in [0.05, 0.1) is 16.7 Å². The number of nitrogens with zero attached hydrogens (tertiary/aromatic N) is 2. The van der Waals surface area contributed by atoms with Crippen molar-refractivity contribution in [1.82, 2.24) is 15.0 Å². The zero-order chi connectivity index (χ0) is 29.2. The summed E-state index contributed by atoms with van der Waals surface area (Å²) < 4.78 is 59.2. The molecular weight excluding hydrogens is 684 g/mol. The molecule has 0 aliphatic rings. The summed E-state index contributed by atoms with van der Waals surface area (Å²) in [5.74, 6) is 0.622. The normalized spacial score (nSPS) is 12.6. The first kappa shape index (κ1) is 35.1. The molecule has 12 heteroatoms. The van der Waals surface area contributed by atoms with Crippen LogP contribution < -0.4 is 12.4 Å². The van der Waals surface area contributed by atoms with E-state index in [2.05, 4.69) is 91.4 Å². The molecule has 0 atom stereocenters. The van der Waals surface area contributed by atoms with Crippen LogP contribution in [-0.2, 0) is 19.5 Å². The van der Waals surface area contributed by atoms with Crippen LogP contribution in [0.3, 0.4) is 0 Å². The number of nitrogens with one attached hydrogen (secondary N) is 1. The Hall–Kier alpha value is -3.06. The number of hydrogen-bond donors (Lipinski definition) is 1. The van der Waals surface area contributed by atoms with Crippen molar-refractivity contribution in [3.05, 3.63) is 108 Å². The van der Waals surface area contributed by atoms with Gasteiger partial charge in [0.15, 0.2) is 0 Å². The topological polar surface area (TPSA) is 41.6 Å². The van der Waals surface area contributed by atoms with Gasteiger partial charge < -0.3 is 17.4 Å². The molecule has 1 N–H and O–H groups in total. The van der Waals surface area contributed by atoms with Crippen LogP contribution in [0.15, 0.2) is 91.1 Å². The van der Waals surface area contributed by atoms with Gasteiger partial charge in [-0.15, -0.1) is 0 Å². The van der Waals surface area contributed by atoms with E-state index in [0.29, 0.717) is 5.92 Å². The Kier molecular flexibility index (Phi) is 10.6. The van der Waals surface area contributed by atoms with E-state index >= 15 is 0 Å². The van der Waals surface area contributed by atoms with E-state index in [0.717, 1.165) is 33.3 Å². The van der Waals surface area contributed by atoms with E-state index < -0.39 is 7.81 Å². The third-order valence-corrected chi connectivity index (χ3v) is 5.93. The number of aromatic amines is 1. The molecule has 6 rings (SSSR count). The van der Waals surface area contributed by atoms with Gasteiger partial charge in [-0.05, 0) is 24.3 Å². The molecule has 3 nitrogen and oxygen atoms in total. The Morgan fingerprint density at radius 3 is 2.07 bits per heavy atom. The van der Waals surface area contributed by atoms with Crippen molar-refractivity contribution >= 4 is 40.5 Å². The predicted octanol–water partition coefficient (Wildman–Crippen LogP) is 8.23. The fourth-order valence-corrected chi connectivity index (χ4v) is 4.04. The molecule has 0 saturated heterocycles. The summed E-state index contributed by atoms with van der Waals surface area (Å²) in [6, 6.07) is 32.2. The maximum Gasteiger partial charge on any atom is 3.00 e. The summed E-state index contributed by atoms with van der Waals surface area (Å²) in [5, 5.41) is 3.53. The number of aryl methyl sites for hydroxylation is 1. The predicted molar refractivity (Wildman–Crippen MR) is 152 cm³/mol. The molecule has 0 aliphatic heterocycles. The molecule has 0 saturated carbocycles. The Labute approximate surface area is 258 Å². The first-order valence-electron chi connectivity index (χ1n) is 12.3. The Morgan fingerprint density at radius 2 is 1.43 bits per heavy atom. The number of halogens is 7. The van der Waals surface area contributed by atoms with Gasteiger partial charge in [0.1, 0.15) is 5.69 Å². The summed E-state index contributed by atoms with van der Waals surface area (Å²) in [4.78, 5) is 12.9. The molecule has 3 aromatic carbocycles. The van der Waals surface area contributed by atoms with E-state index in [-0.39, 0.29) is 31.9 Å². The third-order valence-electron chi connectivity index (χ3n) is 5.93. The van der Waals surface area contributed by atoms with Crippen LogP contribution in [0.4, 0.5) is 25.2 Å². The zero-order valence-electron chi connectivity index (χ0n) is 22.6. The summed E-state index contributed by atoms with van der Waals surface area (Å²) in [5.41, 5.74) is 7.51. The van der Waals surface area contributed by atoms with Crippen LogP contribution in [0, 0.1) is 13.0 Å². The number of para-hydroxylation sites is 2. The largest absolute Gasteiger partial charge is 3.00 e. The number of rotatable bonds is 2. The number of hydrogen-bond acceptors (Lipinski definition) is 2. The van der Waals surface area contributed by atoms with Crippen LogP contribution in [0.2, 0.25) is 0 Å². The number of benzene rings is 3. The molecule has 0 amide bonds. The quantitative estimate of drug-likeness (QED) is 0.0853. The van der Waals surface area contributed by atoms with Crippen LogP contribution in [-0.4, -0.2) is 15.0 Å². The van der Waals surface area contributed by atoms with Crippen molar-refractivity contribution in [2.75, 3.05) is 0 Å². The van der Waals surface area contributed by atoms with Gasteiger partial charge in [-0.25, -0.2) is 4.98 Å². The Balaban J connectivity index is 0.000000273. The molecule has 42 heavy (non-hydrogen) atoms. The summed E-state index contributed by atoms with van der Waals surface area (Å²) in [7, 11) is -10.7. The molecule has 0 bridgehead atoms. The minimum Gasteiger partial charge on any atom is -1.00 e. The van der Waals surface area contributed by atoms with Crippen molar-refractivity contribution < 1.29 is 57.1 Å². The average molecular weight is 710 g/mol. The van der Waals surface area contributed by atoms with E-state index in [1.165, 1.54) is 21.9 Å². The van der Waals surface area contributed by atoms with Crippen molar-refractivity contribution in [3.8, 4) is 11.4 Å². The summed E-state index contributed by atoms with van der Waals surface area (Å²) >= 11 is 0. The molecule has 6 aromatic rings. The molecule has 0 unspecified atom stereocenters. The summed E-state index contributed by atoms with van der Waals surface area (Å²) in [6.45, 7) is 6.45. The van der Waals surface area contributed by atoms with Crippen LogP contribution in [0.25, 0.3) is 44.1 Å². The molecule has 1 radical (unpaired) electrons. The number of H-pyrrole nitrogens is 1. The zero-order valence-corrected chi connectivity index (χ0v) is 26.0. The molecule has 3 heterocycles. The van der Waals surface area contributed by atoms with Crippen molar-refractivity contribution in [2.45, 2.75) is 26.7 Å². The second-order valence-corrected chi connectivity index (χ2v) is 11.5. The van der Waals surface area contributed by atoms with Gasteiger partial charge in [-0.1, -0.05) is 69.2 Å². The second kappa shape index (κ2) is 12.7. The fraction of sp³-hybridized carbons (Fsp3) is 0.133. The Bertz CT molecular complexity index is 1780. The smallest absolute Gasteiger partial charge is 1.00 e. The second-order valence-electron chi connectivity index (χ2n) is 9.56. The molecule has 223 valence electrons. The van der Waals surface area contributed by atoms with Crippen LogP contribution >= 0.6 is 7.81 Å². The van der Waals surface area contributed by atoms with Gasteiger partial charge in [-0.3, -0.25) is 4.98 Å². The average Bonchev–Trinajstić information content (AvgIpc) is 3.26. The van der Waals surface area contributed by atoms with Gasteiger partial charge in [0.2, 0.25) is 0 Å². The molecule has 3 aromatic heterocycles. The van der Waals surface area contributed by atoms with Gasteiger partial charge >= 0.3 is 52.5 Å². The van der Waals surface area contributed by atoms with Crippen molar-refractivity contribution in [2.24, 2.45) is 0 Å². The van der Waals surface area contributed by atoms with Gasteiger partial charge in [0.25, 0.3) is 0 Å². The monoisotopic (exact) mass is 710 g/mol. The number of aromatic nitrogens is 3. The first-order chi connectivity index (χ1) is 18.5. The molecular formula is C30H26ClF6N3PRu. The fourth-order valence-electron chi connectivity index (χ4n) is 4.04. The maximum absolute atomic E-state index is 10.7. The Morgan fingerprint density at radius 1 is 0.786 bits per heavy atom. The standard InChI is InChI=1S/C20H13N3.C10H13.ClH.F6P.Ru/c1-3-7-16-13(5-1)9-10-18(22-16)20-19-15(11-12-21-20)14-6-2-4-8-17(14)23-19;1-8(2)10-6-4-9(3)5-7-10;;1-7(2,3,4,5)6;/h1-12,23H;4,6-8H,1-3H3;1H;;/q;-1;;-1;+3/p-1. The number of pyridine rings is 2. The van der Waals surface area contributed by atoms with Crippen LogP contribution in [0.1, 0.15) is 30.9 Å². The van der Waals surface area contributed by atoms with E-state index in [9.17, 15) is 25.2 Å². The van der Waals surface area contributed by atoms with Crippen molar-refractivity contribution in [1.29, 1.82) is 0 Å². The van der Waals surface area contributed by atoms with E-state index in [1.54, 1.807) is 0 Å². The minimum absolute atomic E-state index is 0. The SMILES string of the molecule is Cc1[c-]cc(C(C)C)cc1.F[P-](F)(F)(F)(F)F.[Cl-].[Ru+3].c1ccc2nc(-c3nccc4c3[nH]c3ccccc34)ccc2c1. The van der Waals surface area contributed by atoms with Gasteiger partial charge in [-0.2, -0.15) is 35.4 Å². The summed E-state index contributed by atoms with van der Waals surface area (Å²) in [6.07, 6.45) is 1.86. The third kappa shape index (κ3) is 10.3. The number of fused-ring (bicyclic) bond motifs is 4. The van der Waals surface area contributed by atoms with Crippen molar-refractivity contribution in [3.63, 3.8) is 0 Å². The maximum atomic E-state index is 9.87. The van der Waals surface area contributed by atoms with E-state index in [1.807, 2.05) is 36.5 Å². The molecule has 0 fully saturated rings. The van der Waals surface area contributed by atoms with Gasteiger partial charge in [0, 0.05) is 27.9 Å². The van der Waals surface area contributed by atoms with E-state index in [4.69, 9.17) is 4.98 Å². The minimum atomic E-state index is -10.7. The molecule has 0 spiro atoms. The van der Waals surface area contributed by atoms with Crippen LogP contribution in [0.5, 0.6) is 0 Å². The first-order valence-corrected chi connectivity index (χ1v) is 14.3. The molecule has 0 aliphatic carbocycles.